The summed E-state index contributed by atoms with van der Waals surface area (Å²) in [6, 6.07) is 10.9. The van der Waals surface area contributed by atoms with Crippen LogP contribution in [-0.2, 0) is 4.79 Å². The summed E-state index contributed by atoms with van der Waals surface area (Å²) in [5.74, 6) is 1.20. The van der Waals surface area contributed by atoms with Crippen LogP contribution in [0.25, 0.3) is 0 Å². The molecule has 0 aliphatic heterocycles. The lowest BCUT2D eigenvalue weighted by Gasteiger charge is -2.37. The van der Waals surface area contributed by atoms with E-state index in [9.17, 15) is 4.79 Å². The van der Waals surface area contributed by atoms with Crippen LogP contribution in [0.5, 0.6) is 11.5 Å². The Kier molecular flexibility index (Phi) is 4.81. The van der Waals surface area contributed by atoms with Gasteiger partial charge in [-0.3, -0.25) is 9.78 Å². The zero-order valence-corrected chi connectivity index (χ0v) is 13.9. The summed E-state index contributed by atoms with van der Waals surface area (Å²) in [6.07, 6.45) is 7.21. The Bertz CT molecular complexity index is 701. The van der Waals surface area contributed by atoms with E-state index in [4.69, 9.17) is 10.5 Å². The number of aromatic nitrogens is 1. The molecule has 0 bridgehead atoms. The van der Waals surface area contributed by atoms with Crippen molar-refractivity contribution in [3.05, 3.63) is 48.8 Å². The molecule has 0 spiro atoms. The summed E-state index contributed by atoms with van der Waals surface area (Å²) >= 11 is 0. The minimum atomic E-state index is -0.437. The van der Waals surface area contributed by atoms with Crippen molar-refractivity contribution in [3.8, 4) is 11.5 Å². The minimum absolute atomic E-state index is 0.0132. The van der Waals surface area contributed by atoms with Crippen molar-refractivity contribution >= 4 is 11.6 Å². The fraction of sp³-hybridized carbons (Fsp3) is 0.368. The van der Waals surface area contributed by atoms with E-state index in [0.29, 0.717) is 17.2 Å². The first-order valence-corrected chi connectivity index (χ1v) is 8.32. The van der Waals surface area contributed by atoms with Crippen molar-refractivity contribution in [2.24, 2.45) is 11.7 Å². The van der Waals surface area contributed by atoms with Crippen molar-refractivity contribution < 1.29 is 9.53 Å². The topological polar surface area (TPSA) is 77.2 Å². The van der Waals surface area contributed by atoms with Gasteiger partial charge in [-0.15, -0.1) is 0 Å². The number of carbonyl (C=O) groups excluding carboxylic acids is 1. The van der Waals surface area contributed by atoms with E-state index in [2.05, 4.69) is 10.3 Å². The van der Waals surface area contributed by atoms with E-state index in [-0.39, 0.29) is 11.8 Å². The number of nitrogens with one attached hydrogen (secondary N) is 1. The molecule has 1 aliphatic rings. The van der Waals surface area contributed by atoms with Crippen molar-refractivity contribution in [1.29, 1.82) is 0 Å². The number of amides is 1. The quantitative estimate of drug-likeness (QED) is 0.898. The molecule has 2 unspecified atom stereocenters. The van der Waals surface area contributed by atoms with Crippen LogP contribution >= 0.6 is 0 Å². The number of ether oxygens (including phenoxy) is 1. The number of hydrogen-bond acceptors (Lipinski definition) is 4. The molecule has 0 saturated heterocycles. The van der Waals surface area contributed by atoms with Gasteiger partial charge in [-0.1, -0.05) is 18.9 Å². The Hall–Kier alpha value is -2.40. The molecule has 24 heavy (non-hydrogen) atoms. The molecule has 3 N–H and O–H groups in total. The van der Waals surface area contributed by atoms with Gasteiger partial charge in [-0.25, -0.2) is 0 Å². The predicted molar refractivity (Wildman–Crippen MR) is 93.9 cm³/mol. The maximum Gasteiger partial charge on any atom is 0.229 e. The minimum Gasteiger partial charge on any atom is -0.457 e. The van der Waals surface area contributed by atoms with E-state index in [1.54, 1.807) is 24.5 Å². The van der Waals surface area contributed by atoms with Crippen LogP contribution in [0.4, 0.5) is 5.69 Å². The van der Waals surface area contributed by atoms with Gasteiger partial charge in [0.2, 0.25) is 5.91 Å². The fourth-order valence-corrected chi connectivity index (χ4v) is 3.20. The molecule has 5 heteroatoms. The molecule has 0 radical (unpaired) electrons. The molecular weight excluding hydrogens is 302 g/mol. The van der Waals surface area contributed by atoms with Crippen LogP contribution in [-0.4, -0.2) is 16.4 Å². The molecule has 1 amide bonds. The number of benzene rings is 1. The third-order valence-electron chi connectivity index (χ3n) is 4.56. The Labute approximate surface area is 142 Å². The average Bonchev–Trinajstić information content (AvgIpc) is 2.55. The van der Waals surface area contributed by atoms with Gasteiger partial charge < -0.3 is 15.8 Å². The molecule has 5 nitrogen and oxygen atoms in total. The second-order valence-corrected chi connectivity index (χ2v) is 6.61. The first-order valence-electron chi connectivity index (χ1n) is 8.32. The molecule has 1 aliphatic carbocycles. The van der Waals surface area contributed by atoms with Crippen LogP contribution in [0.1, 0.15) is 32.6 Å². The lowest BCUT2D eigenvalue weighted by atomic mass is 9.74. The molecule has 1 aromatic carbocycles. The SMILES string of the molecule is CC1(N)CCCCC1C(=O)Nc1cccc(Oc2ccncc2)c1. The Balaban J connectivity index is 1.69. The van der Waals surface area contributed by atoms with Gasteiger partial charge in [-0.05, 0) is 44.0 Å². The van der Waals surface area contributed by atoms with Crippen molar-refractivity contribution in [2.45, 2.75) is 38.1 Å². The zero-order valence-electron chi connectivity index (χ0n) is 13.9. The highest BCUT2D eigenvalue weighted by Gasteiger charge is 2.37. The average molecular weight is 325 g/mol. The normalized spacial score (nSPS) is 23.5. The highest BCUT2D eigenvalue weighted by Crippen LogP contribution is 2.33. The number of carbonyl (C=O) groups is 1. The van der Waals surface area contributed by atoms with Crippen LogP contribution < -0.4 is 15.8 Å². The molecule has 1 fully saturated rings. The number of nitrogens with two attached hydrogens (primary N) is 1. The summed E-state index contributed by atoms with van der Waals surface area (Å²) in [4.78, 5) is 16.6. The highest BCUT2D eigenvalue weighted by molar-refractivity contribution is 5.93. The van der Waals surface area contributed by atoms with Crippen molar-refractivity contribution in [3.63, 3.8) is 0 Å². The van der Waals surface area contributed by atoms with E-state index < -0.39 is 5.54 Å². The molecule has 1 aromatic heterocycles. The fourth-order valence-electron chi connectivity index (χ4n) is 3.20. The Morgan fingerprint density at radius 1 is 1.25 bits per heavy atom. The third-order valence-corrected chi connectivity index (χ3v) is 4.56. The molecule has 3 rings (SSSR count). The van der Waals surface area contributed by atoms with E-state index >= 15 is 0 Å². The van der Waals surface area contributed by atoms with Crippen LogP contribution in [0.2, 0.25) is 0 Å². The van der Waals surface area contributed by atoms with Gasteiger partial charge in [0, 0.05) is 29.7 Å². The maximum absolute atomic E-state index is 12.6. The summed E-state index contributed by atoms with van der Waals surface area (Å²) < 4.78 is 5.77. The van der Waals surface area contributed by atoms with Gasteiger partial charge in [0.05, 0.1) is 5.92 Å². The van der Waals surface area contributed by atoms with Gasteiger partial charge >= 0.3 is 0 Å². The van der Waals surface area contributed by atoms with E-state index in [1.807, 2.05) is 31.2 Å². The van der Waals surface area contributed by atoms with Crippen molar-refractivity contribution in [1.82, 2.24) is 4.98 Å². The molecule has 126 valence electrons. The molecule has 2 atom stereocenters. The van der Waals surface area contributed by atoms with Gasteiger partial charge in [0.1, 0.15) is 11.5 Å². The molecular formula is C19H23N3O2. The summed E-state index contributed by atoms with van der Waals surface area (Å²) in [7, 11) is 0. The number of nitrogens with zero attached hydrogens (tertiary/aromatic N) is 1. The third kappa shape index (κ3) is 3.92. The van der Waals surface area contributed by atoms with Crippen LogP contribution in [0.15, 0.2) is 48.8 Å². The van der Waals surface area contributed by atoms with Crippen molar-refractivity contribution in [2.75, 3.05) is 5.32 Å². The summed E-state index contributed by atoms with van der Waals surface area (Å²) in [5, 5.41) is 2.98. The first kappa shape index (κ1) is 16.5. The van der Waals surface area contributed by atoms with Crippen LogP contribution in [0.3, 0.4) is 0 Å². The standard InChI is InChI=1S/C19H23N3O2/c1-19(20)10-3-2-7-17(19)18(23)22-14-5-4-6-16(13-14)24-15-8-11-21-12-9-15/h4-6,8-9,11-13,17H,2-3,7,10,20H2,1H3,(H,22,23). The predicted octanol–water partition coefficient (Wildman–Crippen LogP) is 3.72. The van der Waals surface area contributed by atoms with Gasteiger partial charge in [0.15, 0.2) is 0 Å². The second kappa shape index (κ2) is 7.01. The largest absolute Gasteiger partial charge is 0.457 e. The maximum atomic E-state index is 12.6. The van der Waals surface area contributed by atoms with Crippen LogP contribution in [0, 0.1) is 5.92 Å². The Morgan fingerprint density at radius 3 is 2.79 bits per heavy atom. The van der Waals surface area contributed by atoms with Gasteiger partial charge in [0.25, 0.3) is 0 Å². The van der Waals surface area contributed by atoms with Gasteiger partial charge in [-0.2, -0.15) is 0 Å². The summed E-state index contributed by atoms with van der Waals surface area (Å²) in [5.41, 5.74) is 6.60. The first-order chi connectivity index (χ1) is 11.5. The molecule has 2 aromatic rings. The number of rotatable bonds is 4. The number of anilines is 1. The zero-order chi connectivity index (χ0) is 17.0. The van der Waals surface area contributed by atoms with E-state index in [1.165, 1.54) is 0 Å². The Morgan fingerprint density at radius 2 is 2.04 bits per heavy atom. The monoisotopic (exact) mass is 325 g/mol. The molecule has 1 heterocycles. The van der Waals surface area contributed by atoms with E-state index in [0.717, 1.165) is 25.7 Å². The smallest absolute Gasteiger partial charge is 0.229 e. The number of hydrogen-bond donors (Lipinski definition) is 2. The number of pyridine rings is 1. The molecule has 1 saturated carbocycles. The highest BCUT2D eigenvalue weighted by atomic mass is 16.5. The summed E-state index contributed by atoms with van der Waals surface area (Å²) in [6.45, 7) is 1.97. The second-order valence-electron chi connectivity index (χ2n) is 6.61. The lowest BCUT2D eigenvalue weighted by Crippen LogP contribution is -2.51. The lowest BCUT2D eigenvalue weighted by molar-refractivity contribution is -0.122.